The van der Waals surface area contributed by atoms with Gasteiger partial charge >= 0.3 is 0 Å². The molecule has 58 heavy (non-hydrogen) atoms. The van der Waals surface area contributed by atoms with Crippen LogP contribution in [0.2, 0.25) is 0 Å². The van der Waals surface area contributed by atoms with Gasteiger partial charge in [-0.2, -0.15) is 9.97 Å². The van der Waals surface area contributed by atoms with Gasteiger partial charge in [0, 0.05) is 60.7 Å². The van der Waals surface area contributed by atoms with Crippen LogP contribution < -0.4 is 0 Å². The minimum absolute atomic E-state index is 0.553. The summed E-state index contributed by atoms with van der Waals surface area (Å²) < 4.78 is 6.94. The maximum atomic E-state index is 5.40. The average Bonchev–Trinajstić information content (AvgIpc) is 3.91. The number of nitrogens with zero attached hydrogens (tertiary/aromatic N) is 6. The molecule has 11 aromatic rings. The fraction of sp³-hybridized carbons (Fsp3) is 0.0192. The Balaban J connectivity index is 1.21. The first-order valence-electron chi connectivity index (χ1n) is 19.5. The fourth-order valence-electron chi connectivity index (χ4n) is 8.75. The highest BCUT2D eigenvalue weighted by atomic mass is 15.2. The molecule has 0 radical (unpaired) electrons. The Kier molecular flexibility index (Phi) is 7.76. The third-order valence-corrected chi connectivity index (χ3v) is 11.3. The van der Waals surface area contributed by atoms with Gasteiger partial charge in [0.25, 0.3) is 0 Å². The fourth-order valence-corrected chi connectivity index (χ4v) is 8.75. The smallest absolute Gasteiger partial charge is 0.238 e. The van der Waals surface area contributed by atoms with E-state index >= 15 is 0 Å². The third kappa shape index (κ3) is 5.16. The lowest BCUT2D eigenvalue weighted by Gasteiger charge is -2.14. The molecule has 0 unspecified atom stereocenters. The summed E-state index contributed by atoms with van der Waals surface area (Å²) in [6.45, 7) is 6.08. The molecular weight excluding hydrogens is 709 g/mol. The van der Waals surface area contributed by atoms with Gasteiger partial charge in [0.15, 0.2) is 11.6 Å². The number of hydrogen-bond donors (Lipinski definition) is 0. The molecule has 274 valence electrons. The Morgan fingerprint density at radius 3 is 1.64 bits per heavy atom. The van der Waals surface area contributed by atoms with Crippen LogP contribution in [0.5, 0.6) is 0 Å². The summed E-state index contributed by atoms with van der Waals surface area (Å²) in [5, 5.41) is 5.80. The van der Waals surface area contributed by atoms with Crippen molar-refractivity contribution in [2.45, 2.75) is 6.92 Å². The molecule has 0 aliphatic rings. The number of rotatable bonds is 7. The summed E-state index contributed by atoms with van der Waals surface area (Å²) >= 11 is 0. The van der Waals surface area contributed by atoms with Gasteiger partial charge in [-0.3, -0.25) is 4.57 Å². The first-order valence-corrected chi connectivity index (χ1v) is 19.5. The molecule has 0 saturated heterocycles. The molecule has 0 fully saturated rings. The molecule has 6 heteroatoms. The van der Waals surface area contributed by atoms with Crippen molar-refractivity contribution < 1.29 is 0 Å². The number of allylic oxidation sites excluding steroid dienone is 2. The number of aromatic nitrogens is 6. The van der Waals surface area contributed by atoms with Gasteiger partial charge in [-0.15, -0.1) is 0 Å². The monoisotopic (exact) mass is 744 g/mol. The Morgan fingerprint density at radius 2 is 0.966 bits per heavy atom. The molecule has 0 aliphatic heterocycles. The first-order chi connectivity index (χ1) is 28.7. The normalized spacial score (nSPS) is 11.9. The van der Waals surface area contributed by atoms with Crippen molar-refractivity contribution in [1.82, 2.24) is 28.7 Å². The molecule has 11 rings (SSSR count). The lowest BCUT2D eigenvalue weighted by molar-refractivity contribution is 0.952. The summed E-state index contributed by atoms with van der Waals surface area (Å²) in [6, 6.07) is 59.6. The first kappa shape index (κ1) is 33.5. The highest BCUT2D eigenvalue weighted by Crippen LogP contribution is 2.41. The van der Waals surface area contributed by atoms with E-state index in [1.807, 2.05) is 30.4 Å². The zero-order valence-corrected chi connectivity index (χ0v) is 31.8. The highest BCUT2D eigenvalue weighted by molar-refractivity contribution is 6.23. The molecule has 0 saturated carbocycles. The Hall–Kier alpha value is -7.83. The summed E-state index contributed by atoms with van der Waals surface area (Å²) in [6.07, 6.45) is 5.95. The van der Waals surface area contributed by atoms with Crippen LogP contribution in [0.3, 0.4) is 0 Å². The van der Waals surface area contributed by atoms with E-state index in [0.29, 0.717) is 17.6 Å². The van der Waals surface area contributed by atoms with Crippen LogP contribution in [-0.4, -0.2) is 28.7 Å². The Morgan fingerprint density at radius 1 is 0.448 bits per heavy atom. The van der Waals surface area contributed by atoms with Crippen LogP contribution in [0.4, 0.5) is 0 Å². The number of fused-ring (bicyclic) bond motifs is 8. The van der Waals surface area contributed by atoms with E-state index in [0.717, 1.165) is 71.9 Å². The van der Waals surface area contributed by atoms with Crippen molar-refractivity contribution >= 4 is 60.6 Å². The van der Waals surface area contributed by atoms with Gasteiger partial charge in [0.05, 0.1) is 27.6 Å². The molecule has 6 nitrogen and oxygen atoms in total. The molecule has 7 aromatic carbocycles. The van der Waals surface area contributed by atoms with Crippen LogP contribution in [-0.2, 0) is 0 Å². The quantitative estimate of drug-likeness (QED) is 0.153. The lowest BCUT2D eigenvalue weighted by atomic mass is 10.1. The van der Waals surface area contributed by atoms with Crippen molar-refractivity contribution in [1.29, 1.82) is 0 Å². The second kappa shape index (κ2) is 13.4. The molecule has 0 atom stereocenters. The molecule has 0 spiro atoms. The van der Waals surface area contributed by atoms with E-state index in [1.165, 1.54) is 16.3 Å². The third-order valence-electron chi connectivity index (χ3n) is 11.3. The maximum absolute atomic E-state index is 5.40. The molecule has 4 aromatic heterocycles. The van der Waals surface area contributed by atoms with E-state index in [2.05, 4.69) is 185 Å². The van der Waals surface area contributed by atoms with Gasteiger partial charge in [-0.05, 0) is 49.4 Å². The SMILES string of the molecule is C=C/C=C\c1c(C)n(-c2cccc(-c3nc(-c4ccccc4)nc(-n4c5ccccc5c5ccc6c7ccccc7n(-c7ccccc7)c6c54)n3)c2)c2ccccc12. The van der Waals surface area contributed by atoms with Crippen LogP contribution in [0, 0.1) is 6.92 Å². The molecule has 0 bridgehead atoms. The predicted molar refractivity (Wildman–Crippen MR) is 240 cm³/mol. The zero-order valence-electron chi connectivity index (χ0n) is 31.8. The summed E-state index contributed by atoms with van der Waals surface area (Å²) in [5.41, 5.74) is 11.7. The van der Waals surface area contributed by atoms with Crippen molar-refractivity contribution in [3.63, 3.8) is 0 Å². The highest BCUT2D eigenvalue weighted by Gasteiger charge is 2.24. The average molecular weight is 745 g/mol. The van der Waals surface area contributed by atoms with Gasteiger partial charge < -0.3 is 9.13 Å². The van der Waals surface area contributed by atoms with Crippen LogP contribution in [0.15, 0.2) is 189 Å². The lowest BCUT2D eigenvalue weighted by Crippen LogP contribution is -2.07. The van der Waals surface area contributed by atoms with E-state index in [1.54, 1.807) is 0 Å². The van der Waals surface area contributed by atoms with Crippen LogP contribution >= 0.6 is 0 Å². The van der Waals surface area contributed by atoms with E-state index in [9.17, 15) is 0 Å². The summed E-state index contributed by atoms with van der Waals surface area (Å²) in [4.78, 5) is 15.9. The van der Waals surface area contributed by atoms with E-state index in [4.69, 9.17) is 15.0 Å². The minimum Gasteiger partial charge on any atom is -0.313 e. The summed E-state index contributed by atoms with van der Waals surface area (Å²) in [7, 11) is 0. The zero-order chi connectivity index (χ0) is 38.7. The van der Waals surface area contributed by atoms with Gasteiger partial charge in [-0.25, -0.2) is 4.98 Å². The standard InChI is InChI=1S/C52H36N6/c1-3-4-24-39-34(2)56(45-28-14-11-25-40(39)45)38-23-17-20-36(33-38)51-53-50(35-18-7-5-8-19-35)54-52(55-51)58-47-30-16-13-27-42(47)44-32-31-43-41-26-12-15-29-46(41)57(48(43)49(44)58)37-21-9-6-10-22-37/h3-33H,1H2,2H3/b24-4-. The molecular formula is C52H36N6. The van der Waals surface area contributed by atoms with Crippen LogP contribution in [0.1, 0.15) is 11.3 Å². The minimum atomic E-state index is 0.553. The molecule has 4 heterocycles. The molecule has 0 aliphatic carbocycles. The Labute approximate surface area is 334 Å². The van der Waals surface area contributed by atoms with Crippen LogP contribution in [0.25, 0.3) is 101 Å². The van der Waals surface area contributed by atoms with E-state index < -0.39 is 0 Å². The largest absolute Gasteiger partial charge is 0.313 e. The molecule has 0 N–H and O–H groups in total. The second-order valence-electron chi connectivity index (χ2n) is 14.5. The number of benzene rings is 7. The van der Waals surface area contributed by atoms with Gasteiger partial charge in [-0.1, -0.05) is 152 Å². The predicted octanol–water partition coefficient (Wildman–Crippen LogP) is 12.9. The second-order valence-corrected chi connectivity index (χ2v) is 14.5. The topological polar surface area (TPSA) is 53.5 Å². The van der Waals surface area contributed by atoms with E-state index in [-0.39, 0.29) is 0 Å². The van der Waals surface area contributed by atoms with Crippen molar-refractivity contribution in [2.24, 2.45) is 0 Å². The number of hydrogen-bond acceptors (Lipinski definition) is 3. The Bertz CT molecular complexity index is 3420. The van der Waals surface area contributed by atoms with Crippen molar-refractivity contribution in [3.05, 3.63) is 200 Å². The van der Waals surface area contributed by atoms with Crippen molar-refractivity contribution in [3.8, 4) is 40.1 Å². The van der Waals surface area contributed by atoms with Gasteiger partial charge in [0.1, 0.15) is 0 Å². The number of para-hydroxylation sites is 4. The summed E-state index contributed by atoms with van der Waals surface area (Å²) in [5.74, 6) is 1.75. The van der Waals surface area contributed by atoms with Crippen molar-refractivity contribution in [2.75, 3.05) is 0 Å². The van der Waals surface area contributed by atoms with Gasteiger partial charge in [0.2, 0.25) is 5.95 Å². The maximum Gasteiger partial charge on any atom is 0.238 e. The molecule has 0 amide bonds.